The van der Waals surface area contributed by atoms with Gasteiger partial charge in [0.25, 0.3) is 0 Å². The second-order valence-electron chi connectivity index (χ2n) is 4.13. The number of rotatable bonds is 4. The average molecular weight is 290 g/mol. The van der Waals surface area contributed by atoms with Crippen LogP contribution >= 0.6 is 11.8 Å². The van der Waals surface area contributed by atoms with Gasteiger partial charge in [-0.25, -0.2) is 8.78 Å². The van der Waals surface area contributed by atoms with E-state index in [4.69, 9.17) is 0 Å². The van der Waals surface area contributed by atoms with E-state index in [2.05, 4.69) is 0 Å². The first-order chi connectivity index (χ1) is 9.58. The molecule has 0 atom stereocenters. The summed E-state index contributed by atoms with van der Waals surface area (Å²) in [6, 6.07) is 10.3. The van der Waals surface area contributed by atoms with Gasteiger partial charge >= 0.3 is 0 Å². The summed E-state index contributed by atoms with van der Waals surface area (Å²) < 4.78 is 26.0. The van der Waals surface area contributed by atoms with Gasteiger partial charge in [0.2, 0.25) is 0 Å². The molecule has 0 amide bonds. The molecule has 4 heteroatoms. The Morgan fingerprint density at radius 2 is 1.65 bits per heavy atom. The topological polar surface area (TPSA) is 17.1 Å². The standard InChI is InChI=1S/C16H12F2OS/c1-20-15-5-3-12(4-6-15)16(19)7-2-11-8-13(17)10-14(18)9-11/h2-10H,1H3/b7-2+. The van der Waals surface area contributed by atoms with Crippen LogP contribution in [-0.2, 0) is 0 Å². The van der Waals surface area contributed by atoms with E-state index < -0.39 is 11.6 Å². The average Bonchev–Trinajstić information content (AvgIpc) is 2.44. The summed E-state index contributed by atoms with van der Waals surface area (Å²) in [7, 11) is 0. The minimum absolute atomic E-state index is 0.206. The highest BCUT2D eigenvalue weighted by atomic mass is 32.2. The van der Waals surface area contributed by atoms with E-state index >= 15 is 0 Å². The maximum Gasteiger partial charge on any atom is 0.185 e. The molecule has 0 aliphatic heterocycles. The summed E-state index contributed by atoms with van der Waals surface area (Å²) in [4.78, 5) is 13.0. The molecule has 0 aliphatic rings. The van der Waals surface area contributed by atoms with E-state index in [1.807, 2.05) is 18.4 Å². The normalized spacial score (nSPS) is 10.9. The summed E-state index contributed by atoms with van der Waals surface area (Å²) in [5.74, 6) is -1.54. The lowest BCUT2D eigenvalue weighted by molar-refractivity contribution is 0.104. The molecular weight excluding hydrogens is 278 g/mol. The van der Waals surface area contributed by atoms with Gasteiger partial charge in [-0.2, -0.15) is 0 Å². The number of ketones is 1. The molecule has 0 fully saturated rings. The van der Waals surface area contributed by atoms with Crippen LogP contribution in [0.1, 0.15) is 15.9 Å². The second kappa shape index (κ2) is 6.48. The third kappa shape index (κ3) is 3.78. The molecule has 0 bridgehead atoms. The van der Waals surface area contributed by atoms with Crippen molar-refractivity contribution in [2.45, 2.75) is 4.90 Å². The molecule has 20 heavy (non-hydrogen) atoms. The molecule has 0 aliphatic carbocycles. The monoisotopic (exact) mass is 290 g/mol. The van der Waals surface area contributed by atoms with Crippen molar-refractivity contribution in [3.63, 3.8) is 0 Å². The van der Waals surface area contributed by atoms with E-state index in [1.54, 1.807) is 23.9 Å². The van der Waals surface area contributed by atoms with Crippen LogP contribution in [0.5, 0.6) is 0 Å². The van der Waals surface area contributed by atoms with Crippen LogP contribution in [0.15, 0.2) is 53.4 Å². The summed E-state index contributed by atoms with van der Waals surface area (Å²) in [5.41, 5.74) is 0.854. The van der Waals surface area contributed by atoms with Crippen molar-refractivity contribution in [1.82, 2.24) is 0 Å². The highest BCUT2D eigenvalue weighted by Crippen LogP contribution is 2.16. The third-order valence-electron chi connectivity index (χ3n) is 2.69. The maximum absolute atomic E-state index is 13.0. The molecule has 1 nitrogen and oxygen atoms in total. The number of carbonyl (C=O) groups is 1. The molecule has 0 spiro atoms. The number of benzene rings is 2. The lowest BCUT2D eigenvalue weighted by Gasteiger charge is -1.99. The van der Waals surface area contributed by atoms with Gasteiger partial charge in [-0.3, -0.25) is 4.79 Å². The Morgan fingerprint density at radius 3 is 2.20 bits per heavy atom. The van der Waals surface area contributed by atoms with Crippen molar-refractivity contribution in [1.29, 1.82) is 0 Å². The van der Waals surface area contributed by atoms with Gasteiger partial charge in [0.1, 0.15) is 11.6 Å². The van der Waals surface area contributed by atoms with E-state index in [-0.39, 0.29) is 5.78 Å². The lowest BCUT2D eigenvalue weighted by Crippen LogP contribution is -1.93. The lowest BCUT2D eigenvalue weighted by atomic mass is 10.1. The fraction of sp³-hybridized carbons (Fsp3) is 0.0625. The SMILES string of the molecule is CSc1ccc(C(=O)/C=C/c2cc(F)cc(F)c2)cc1. The molecule has 0 radical (unpaired) electrons. The van der Waals surface area contributed by atoms with Crippen LogP contribution < -0.4 is 0 Å². The Labute approximate surface area is 120 Å². The van der Waals surface area contributed by atoms with E-state index in [9.17, 15) is 13.6 Å². The predicted molar refractivity (Wildman–Crippen MR) is 77.9 cm³/mol. The molecule has 0 saturated heterocycles. The number of carbonyl (C=O) groups excluding carboxylic acids is 1. The number of hydrogen-bond donors (Lipinski definition) is 0. The smallest absolute Gasteiger partial charge is 0.185 e. The highest BCUT2D eigenvalue weighted by Gasteiger charge is 2.02. The van der Waals surface area contributed by atoms with Crippen LogP contribution in [-0.4, -0.2) is 12.0 Å². The summed E-state index contributed by atoms with van der Waals surface area (Å²) in [6.07, 6.45) is 4.66. The van der Waals surface area contributed by atoms with Crippen LogP contribution in [0.4, 0.5) is 8.78 Å². The Bertz CT molecular complexity index is 628. The zero-order valence-corrected chi connectivity index (χ0v) is 11.6. The van der Waals surface area contributed by atoms with Gasteiger partial charge in [0, 0.05) is 16.5 Å². The van der Waals surface area contributed by atoms with E-state index in [1.165, 1.54) is 24.3 Å². The quantitative estimate of drug-likeness (QED) is 0.465. The number of halogens is 2. The first kappa shape index (κ1) is 14.5. The predicted octanol–water partition coefficient (Wildman–Crippen LogP) is 4.58. The van der Waals surface area contributed by atoms with Crippen molar-refractivity contribution >= 4 is 23.6 Å². The number of allylic oxidation sites excluding steroid dienone is 1. The van der Waals surface area contributed by atoms with Crippen molar-refractivity contribution in [3.8, 4) is 0 Å². The zero-order chi connectivity index (χ0) is 14.5. The number of thioether (sulfide) groups is 1. The minimum atomic E-state index is -0.665. The first-order valence-electron chi connectivity index (χ1n) is 5.91. The molecular formula is C16H12F2OS. The van der Waals surface area contributed by atoms with Gasteiger partial charge < -0.3 is 0 Å². The molecule has 0 aromatic heterocycles. The van der Waals surface area contributed by atoms with Crippen molar-refractivity contribution in [2.75, 3.05) is 6.26 Å². The largest absolute Gasteiger partial charge is 0.289 e. The third-order valence-corrected chi connectivity index (χ3v) is 3.43. The van der Waals surface area contributed by atoms with Crippen molar-refractivity contribution < 1.29 is 13.6 Å². The summed E-state index contributed by atoms with van der Waals surface area (Å²) in [5, 5.41) is 0. The number of hydrogen-bond acceptors (Lipinski definition) is 2. The van der Waals surface area contributed by atoms with E-state index in [0.717, 1.165) is 11.0 Å². The molecule has 0 N–H and O–H groups in total. The molecule has 2 aromatic rings. The Balaban J connectivity index is 2.15. The summed E-state index contributed by atoms with van der Waals surface area (Å²) >= 11 is 1.59. The van der Waals surface area contributed by atoms with Crippen molar-refractivity contribution in [2.24, 2.45) is 0 Å². The van der Waals surface area contributed by atoms with Crippen LogP contribution in [0.25, 0.3) is 6.08 Å². The molecule has 0 heterocycles. The fourth-order valence-electron chi connectivity index (χ4n) is 1.69. The molecule has 0 unspecified atom stereocenters. The van der Waals surface area contributed by atoms with Gasteiger partial charge in [0.15, 0.2) is 5.78 Å². The Morgan fingerprint density at radius 1 is 1.05 bits per heavy atom. The Hall–Kier alpha value is -1.94. The zero-order valence-electron chi connectivity index (χ0n) is 10.8. The molecule has 2 rings (SSSR count). The Kier molecular flexibility index (Phi) is 4.69. The molecule has 102 valence electrons. The molecule has 0 saturated carbocycles. The van der Waals surface area contributed by atoms with Gasteiger partial charge in [-0.15, -0.1) is 11.8 Å². The van der Waals surface area contributed by atoms with Gasteiger partial charge in [-0.1, -0.05) is 6.08 Å². The van der Waals surface area contributed by atoms with Crippen molar-refractivity contribution in [3.05, 3.63) is 71.3 Å². The van der Waals surface area contributed by atoms with Crippen LogP contribution in [0.3, 0.4) is 0 Å². The second-order valence-corrected chi connectivity index (χ2v) is 5.01. The van der Waals surface area contributed by atoms with Crippen LogP contribution in [0, 0.1) is 11.6 Å². The van der Waals surface area contributed by atoms with Gasteiger partial charge in [0.05, 0.1) is 0 Å². The minimum Gasteiger partial charge on any atom is -0.289 e. The summed E-state index contributed by atoms with van der Waals surface area (Å²) in [6.45, 7) is 0. The first-order valence-corrected chi connectivity index (χ1v) is 7.13. The fourth-order valence-corrected chi connectivity index (χ4v) is 2.10. The highest BCUT2D eigenvalue weighted by molar-refractivity contribution is 7.98. The molecule has 2 aromatic carbocycles. The van der Waals surface area contributed by atoms with E-state index in [0.29, 0.717) is 11.1 Å². The van der Waals surface area contributed by atoms with Crippen LogP contribution in [0.2, 0.25) is 0 Å². The van der Waals surface area contributed by atoms with Gasteiger partial charge in [-0.05, 0) is 54.3 Å². The maximum atomic E-state index is 13.0.